The Morgan fingerprint density at radius 3 is 2.95 bits per heavy atom. The zero-order valence-electron chi connectivity index (χ0n) is 11.7. The number of benzene rings is 1. The summed E-state index contributed by atoms with van der Waals surface area (Å²) in [6.07, 6.45) is 0.662. The van der Waals surface area contributed by atoms with Crippen molar-refractivity contribution in [3.05, 3.63) is 34.9 Å². The van der Waals surface area contributed by atoms with Gasteiger partial charge < -0.3 is 10.1 Å². The molecular weight excluding hydrogens is 278 g/mol. The Hall–Kier alpha value is -1.14. The van der Waals surface area contributed by atoms with E-state index in [1.165, 1.54) is 0 Å². The van der Waals surface area contributed by atoms with E-state index in [1.54, 1.807) is 7.11 Å². The fourth-order valence-electron chi connectivity index (χ4n) is 2.32. The van der Waals surface area contributed by atoms with Gasteiger partial charge in [-0.3, -0.25) is 4.79 Å². The molecule has 0 aliphatic carbocycles. The lowest BCUT2D eigenvalue weighted by molar-refractivity contribution is -0.123. The zero-order valence-corrected chi connectivity index (χ0v) is 12.4. The second-order valence-electron chi connectivity index (χ2n) is 5.02. The molecule has 2 rings (SSSR count). The summed E-state index contributed by atoms with van der Waals surface area (Å²) in [6, 6.07) is 7.42. The molecule has 1 saturated heterocycles. The molecule has 0 radical (unpaired) electrons. The second-order valence-corrected chi connectivity index (χ2v) is 5.42. The summed E-state index contributed by atoms with van der Waals surface area (Å²) >= 11 is 6.17. The highest BCUT2D eigenvalue weighted by atomic mass is 35.5. The predicted molar refractivity (Wildman–Crippen MR) is 78.4 cm³/mol. The third-order valence-electron chi connectivity index (χ3n) is 3.31. The van der Waals surface area contributed by atoms with Gasteiger partial charge in [0.15, 0.2) is 0 Å². The molecule has 5 nitrogen and oxygen atoms in total. The molecule has 0 spiro atoms. The molecule has 3 N–H and O–H groups in total. The molecule has 0 aromatic heterocycles. The van der Waals surface area contributed by atoms with E-state index in [-0.39, 0.29) is 24.0 Å². The van der Waals surface area contributed by atoms with Crippen molar-refractivity contribution in [1.29, 1.82) is 0 Å². The van der Waals surface area contributed by atoms with Crippen LogP contribution in [0.3, 0.4) is 0 Å². The molecule has 1 aliphatic rings. The van der Waals surface area contributed by atoms with Crippen molar-refractivity contribution in [2.24, 2.45) is 0 Å². The van der Waals surface area contributed by atoms with Gasteiger partial charge in [0.05, 0.1) is 6.61 Å². The normalized spacial score (nSPS) is 23.6. The van der Waals surface area contributed by atoms with Crippen LogP contribution in [0.2, 0.25) is 5.02 Å². The number of hydrazine groups is 1. The number of halogens is 1. The van der Waals surface area contributed by atoms with E-state index < -0.39 is 0 Å². The quantitative estimate of drug-likeness (QED) is 0.769. The van der Waals surface area contributed by atoms with Gasteiger partial charge >= 0.3 is 0 Å². The first-order chi connectivity index (χ1) is 9.61. The number of hydrogen-bond acceptors (Lipinski definition) is 4. The number of amides is 1. The average molecular weight is 298 g/mol. The highest BCUT2D eigenvalue weighted by molar-refractivity contribution is 6.31. The van der Waals surface area contributed by atoms with Crippen molar-refractivity contribution >= 4 is 17.5 Å². The summed E-state index contributed by atoms with van der Waals surface area (Å²) in [4.78, 5) is 12.1. The molecule has 1 aromatic carbocycles. The fourth-order valence-corrected chi connectivity index (χ4v) is 2.59. The fraction of sp³-hybridized carbons (Fsp3) is 0.500. The van der Waals surface area contributed by atoms with Crippen molar-refractivity contribution in [2.75, 3.05) is 13.7 Å². The van der Waals surface area contributed by atoms with Gasteiger partial charge in [0.2, 0.25) is 5.91 Å². The lowest BCUT2D eigenvalue weighted by Gasteiger charge is -2.16. The summed E-state index contributed by atoms with van der Waals surface area (Å²) in [5.41, 5.74) is 7.14. The Morgan fingerprint density at radius 2 is 2.25 bits per heavy atom. The minimum atomic E-state index is -0.268. The number of carbonyl (C=O) groups is 1. The molecule has 20 heavy (non-hydrogen) atoms. The SMILES string of the molecule is COCC(C)NC(=O)C1CC(c2ccccc2Cl)NN1. The zero-order chi connectivity index (χ0) is 14.5. The van der Waals surface area contributed by atoms with E-state index in [0.29, 0.717) is 18.1 Å². The summed E-state index contributed by atoms with van der Waals surface area (Å²) in [6.45, 7) is 2.41. The predicted octanol–water partition coefficient (Wildman–Crippen LogP) is 1.40. The number of nitrogens with one attached hydrogen (secondary N) is 3. The van der Waals surface area contributed by atoms with E-state index in [9.17, 15) is 4.79 Å². The van der Waals surface area contributed by atoms with Gasteiger partial charge in [0.1, 0.15) is 6.04 Å². The van der Waals surface area contributed by atoms with Crippen LogP contribution in [0.15, 0.2) is 24.3 Å². The maximum absolute atomic E-state index is 12.1. The molecule has 1 fully saturated rings. The van der Waals surface area contributed by atoms with Crippen LogP contribution in [0.25, 0.3) is 0 Å². The molecule has 1 aliphatic heterocycles. The standard InChI is InChI=1S/C14H20ClN3O2/c1-9(8-20-2)16-14(19)13-7-12(17-18-13)10-5-3-4-6-11(10)15/h3-6,9,12-13,17-18H,7-8H2,1-2H3,(H,16,19). The summed E-state index contributed by atoms with van der Waals surface area (Å²) in [5, 5.41) is 3.62. The van der Waals surface area contributed by atoms with Crippen molar-refractivity contribution < 1.29 is 9.53 Å². The van der Waals surface area contributed by atoms with Gasteiger partial charge in [-0.1, -0.05) is 29.8 Å². The molecule has 6 heteroatoms. The summed E-state index contributed by atoms with van der Waals surface area (Å²) in [5.74, 6) is -0.0309. The number of hydrogen-bond donors (Lipinski definition) is 3. The minimum Gasteiger partial charge on any atom is -0.383 e. The molecule has 1 aromatic rings. The highest BCUT2D eigenvalue weighted by Gasteiger charge is 2.31. The maximum atomic E-state index is 12.1. The maximum Gasteiger partial charge on any atom is 0.238 e. The molecule has 3 atom stereocenters. The van der Waals surface area contributed by atoms with E-state index >= 15 is 0 Å². The van der Waals surface area contributed by atoms with Gasteiger partial charge in [0, 0.05) is 24.2 Å². The molecule has 0 saturated carbocycles. The molecule has 110 valence electrons. The Morgan fingerprint density at radius 1 is 1.50 bits per heavy atom. The second kappa shape index (κ2) is 7.04. The van der Waals surface area contributed by atoms with Crippen LogP contribution < -0.4 is 16.2 Å². The first kappa shape index (κ1) is 15.3. The Bertz CT molecular complexity index is 469. The summed E-state index contributed by atoms with van der Waals surface area (Å²) < 4.78 is 5.01. The lowest BCUT2D eigenvalue weighted by atomic mass is 10.0. The van der Waals surface area contributed by atoms with Crippen LogP contribution in [-0.2, 0) is 9.53 Å². The van der Waals surface area contributed by atoms with Crippen LogP contribution >= 0.6 is 11.6 Å². The van der Waals surface area contributed by atoms with Crippen molar-refractivity contribution in [3.63, 3.8) is 0 Å². The molecule has 1 amide bonds. The molecule has 1 heterocycles. The first-order valence-corrected chi connectivity index (χ1v) is 7.04. The van der Waals surface area contributed by atoms with E-state index in [0.717, 1.165) is 5.56 Å². The van der Waals surface area contributed by atoms with Crippen LogP contribution in [0.5, 0.6) is 0 Å². The topological polar surface area (TPSA) is 62.4 Å². The average Bonchev–Trinajstić information content (AvgIpc) is 2.89. The lowest BCUT2D eigenvalue weighted by Crippen LogP contribution is -2.47. The Labute approximate surface area is 124 Å². The number of ether oxygens (including phenoxy) is 1. The van der Waals surface area contributed by atoms with Gasteiger partial charge in [-0.25, -0.2) is 10.9 Å². The van der Waals surface area contributed by atoms with Crippen LogP contribution in [0.1, 0.15) is 24.9 Å². The first-order valence-electron chi connectivity index (χ1n) is 6.66. The number of carbonyl (C=O) groups excluding carboxylic acids is 1. The van der Waals surface area contributed by atoms with Crippen molar-refractivity contribution in [1.82, 2.24) is 16.2 Å². The highest BCUT2D eigenvalue weighted by Crippen LogP contribution is 2.28. The van der Waals surface area contributed by atoms with E-state index in [4.69, 9.17) is 16.3 Å². The Balaban J connectivity index is 1.92. The molecular formula is C14H20ClN3O2. The largest absolute Gasteiger partial charge is 0.383 e. The van der Waals surface area contributed by atoms with Crippen molar-refractivity contribution in [2.45, 2.75) is 31.5 Å². The van der Waals surface area contributed by atoms with Gasteiger partial charge in [-0.05, 0) is 25.0 Å². The number of methoxy groups -OCH3 is 1. The van der Waals surface area contributed by atoms with E-state index in [2.05, 4.69) is 16.2 Å². The molecule has 3 unspecified atom stereocenters. The van der Waals surface area contributed by atoms with Crippen LogP contribution in [0, 0.1) is 0 Å². The third-order valence-corrected chi connectivity index (χ3v) is 3.65. The third kappa shape index (κ3) is 3.70. The van der Waals surface area contributed by atoms with Crippen LogP contribution in [-0.4, -0.2) is 31.7 Å². The summed E-state index contributed by atoms with van der Waals surface area (Å²) in [7, 11) is 1.62. The van der Waals surface area contributed by atoms with Gasteiger partial charge in [0.25, 0.3) is 0 Å². The molecule has 0 bridgehead atoms. The van der Waals surface area contributed by atoms with E-state index in [1.807, 2.05) is 31.2 Å². The van der Waals surface area contributed by atoms with Crippen molar-refractivity contribution in [3.8, 4) is 0 Å². The Kier molecular flexibility index (Phi) is 5.37. The van der Waals surface area contributed by atoms with Gasteiger partial charge in [-0.2, -0.15) is 0 Å². The van der Waals surface area contributed by atoms with Gasteiger partial charge in [-0.15, -0.1) is 0 Å². The smallest absolute Gasteiger partial charge is 0.238 e. The number of rotatable bonds is 5. The van der Waals surface area contributed by atoms with Crippen LogP contribution in [0.4, 0.5) is 0 Å². The minimum absolute atomic E-state index is 0.00587. The monoisotopic (exact) mass is 297 g/mol.